The second-order valence-corrected chi connectivity index (χ2v) is 4.40. The lowest BCUT2D eigenvalue weighted by molar-refractivity contribution is 0.299. The standard InChI is InChI=1S/C16H19NO2/c1-17-12-14-3-2-4-16(11-14)19-15-7-5-13(6-8-15)9-10-18/h2-8,11,17-18H,9-10,12H2,1H3. The maximum absolute atomic E-state index is 8.87. The van der Waals surface area contributed by atoms with E-state index in [1.54, 1.807) is 0 Å². The molecular weight excluding hydrogens is 238 g/mol. The monoisotopic (exact) mass is 257 g/mol. The average Bonchev–Trinajstić information content (AvgIpc) is 2.42. The smallest absolute Gasteiger partial charge is 0.127 e. The summed E-state index contributed by atoms with van der Waals surface area (Å²) in [7, 11) is 1.92. The van der Waals surface area contributed by atoms with Crippen LogP contribution in [0.3, 0.4) is 0 Å². The number of hydrogen-bond donors (Lipinski definition) is 2. The molecule has 0 aliphatic carbocycles. The first-order valence-electron chi connectivity index (χ1n) is 6.43. The SMILES string of the molecule is CNCc1cccc(Oc2ccc(CCO)cc2)c1. The molecule has 2 rings (SSSR count). The van der Waals surface area contributed by atoms with Crippen LogP contribution in [0.15, 0.2) is 48.5 Å². The Kier molecular flexibility index (Phi) is 4.95. The third-order valence-electron chi connectivity index (χ3n) is 2.84. The van der Waals surface area contributed by atoms with Crippen molar-refractivity contribution in [2.75, 3.05) is 13.7 Å². The molecule has 0 fully saturated rings. The highest BCUT2D eigenvalue weighted by atomic mass is 16.5. The van der Waals surface area contributed by atoms with Crippen LogP contribution in [-0.2, 0) is 13.0 Å². The predicted octanol–water partition coefficient (Wildman–Crippen LogP) is 2.73. The second-order valence-electron chi connectivity index (χ2n) is 4.40. The summed E-state index contributed by atoms with van der Waals surface area (Å²) in [5.74, 6) is 1.64. The number of aliphatic hydroxyl groups excluding tert-OH is 1. The van der Waals surface area contributed by atoms with Crippen LogP contribution in [0, 0.1) is 0 Å². The quantitative estimate of drug-likeness (QED) is 0.836. The second kappa shape index (κ2) is 6.92. The van der Waals surface area contributed by atoms with Crippen molar-refractivity contribution in [3.8, 4) is 11.5 Å². The van der Waals surface area contributed by atoms with E-state index in [-0.39, 0.29) is 6.61 Å². The maximum Gasteiger partial charge on any atom is 0.127 e. The van der Waals surface area contributed by atoms with Crippen molar-refractivity contribution in [3.05, 3.63) is 59.7 Å². The molecule has 0 heterocycles. The number of hydrogen-bond acceptors (Lipinski definition) is 3. The topological polar surface area (TPSA) is 41.5 Å². The summed E-state index contributed by atoms with van der Waals surface area (Å²) in [6, 6.07) is 15.8. The molecule has 0 aromatic heterocycles. The minimum atomic E-state index is 0.173. The van der Waals surface area contributed by atoms with Crippen LogP contribution in [0.1, 0.15) is 11.1 Å². The van der Waals surface area contributed by atoms with Gasteiger partial charge >= 0.3 is 0 Å². The van der Waals surface area contributed by atoms with E-state index in [1.165, 1.54) is 5.56 Å². The van der Waals surface area contributed by atoms with Gasteiger partial charge in [-0.1, -0.05) is 24.3 Å². The molecule has 0 amide bonds. The van der Waals surface area contributed by atoms with Gasteiger partial charge in [0.05, 0.1) is 0 Å². The Morgan fingerprint density at radius 3 is 2.47 bits per heavy atom. The Morgan fingerprint density at radius 2 is 1.79 bits per heavy atom. The van der Waals surface area contributed by atoms with Gasteiger partial charge in [0.15, 0.2) is 0 Å². The highest BCUT2D eigenvalue weighted by Crippen LogP contribution is 2.22. The number of aliphatic hydroxyl groups is 1. The van der Waals surface area contributed by atoms with Crippen LogP contribution in [0.4, 0.5) is 0 Å². The zero-order valence-electron chi connectivity index (χ0n) is 11.1. The Balaban J connectivity index is 2.05. The summed E-state index contributed by atoms with van der Waals surface area (Å²) in [4.78, 5) is 0. The van der Waals surface area contributed by atoms with Gasteiger partial charge in [-0.2, -0.15) is 0 Å². The fourth-order valence-electron chi connectivity index (χ4n) is 1.91. The van der Waals surface area contributed by atoms with Crippen molar-refractivity contribution >= 4 is 0 Å². The van der Waals surface area contributed by atoms with Crippen LogP contribution in [0.2, 0.25) is 0 Å². The molecule has 0 spiro atoms. The van der Waals surface area contributed by atoms with E-state index in [0.29, 0.717) is 6.42 Å². The third-order valence-corrected chi connectivity index (χ3v) is 2.84. The molecule has 0 aliphatic rings. The third kappa shape index (κ3) is 4.09. The van der Waals surface area contributed by atoms with Gasteiger partial charge < -0.3 is 15.2 Å². The molecule has 19 heavy (non-hydrogen) atoms. The summed E-state index contributed by atoms with van der Waals surface area (Å²) < 4.78 is 5.81. The molecule has 100 valence electrons. The highest BCUT2D eigenvalue weighted by molar-refractivity contribution is 5.35. The maximum atomic E-state index is 8.87. The lowest BCUT2D eigenvalue weighted by Crippen LogP contribution is -2.04. The predicted molar refractivity (Wildman–Crippen MR) is 76.5 cm³/mol. The normalized spacial score (nSPS) is 10.4. The van der Waals surface area contributed by atoms with Crippen molar-refractivity contribution in [2.45, 2.75) is 13.0 Å². The van der Waals surface area contributed by atoms with Gasteiger partial charge in [0.25, 0.3) is 0 Å². The molecule has 0 saturated carbocycles. The van der Waals surface area contributed by atoms with Gasteiger partial charge in [0.1, 0.15) is 11.5 Å². The van der Waals surface area contributed by atoms with E-state index in [0.717, 1.165) is 23.6 Å². The summed E-state index contributed by atoms with van der Waals surface area (Å²) in [5.41, 5.74) is 2.30. The van der Waals surface area contributed by atoms with Crippen LogP contribution < -0.4 is 10.1 Å². The van der Waals surface area contributed by atoms with E-state index in [2.05, 4.69) is 11.4 Å². The molecule has 0 bridgehead atoms. The minimum absolute atomic E-state index is 0.173. The number of rotatable bonds is 6. The zero-order chi connectivity index (χ0) is 13.5. The molecule has 0 atom stereocenters. The van der Waals surface area contributed by atoms with Crippen molar-refractivity contribution in [1.82, 2.24) is 5.32 Å². The van der Waals surface area contributed by atoms with Gasteiger partial charge in [-0.3, -0.25) is 0 Å². The molecule has 2 N–H and O–H groups in total. The van der Waals surface area contributed by atoms with E-state index in [9.17, 15) is 0 Å². The van der Waals surface area contributed by atoms with Crippen molar-refractivity contribution in [3.63, 3.8) is 0 Å². The highest BCUT2D eigenvalue weighted by Gasteiger charge is 1.99. The summed E-state index contributed by atoms with van der Waals surface area (Å²) in [6.07, 6.45) is 0.679. The molecule has 3 heteroatoms. The Bertz CT molecular complexity index is 508. The lowest BCUT2D eigenvalue weighted by Gasteiger charge is -2.08. The van der Waals surface area contributed by atoms with Crippen LogP contribution in [0.25, 0.3) is 0 Å². The van der Waals surface area contributed by atoms with Crippen molar-refractivity contribution in [1.29, 1.82) is 0 Å². The molecule has 0 unspecified atom stereocenters. The summed E-state index contributed by atoms with van der Waals surface area (Å²) in [5, 5.41) is 12.0. The molecular formula is C16H19NO2. The van der Waals surface area contributed by atoms with Crippen LogP contribution in [0.5, 0.6) is 11.5 Å². The average molecular weight is 257 g/mol. The van der Waals surface area contributed by atoms with E-state index >= 15 is 0 Å². The molecule has 0 radical (unpaired) electrons. The Hall–Kier alpha value is -1.84. The van der Waals surface area contributed by atoms with Crippen LogP contribution >= 0.6 is 0 Å². The summed E-state index contributed by atoms with van der Waals surface area (Å²) >= 11 is 0. The Labute approximate surface area is 113 Å². The molecule has 0 saturated heterocycles. The number of ether oxygens (including phenoxy) is 1. The van der Waals surface area contributed by atoms with Gasteiger partial charge in [-0.25, -0.2) is 0 Å². The first-order valence-corrected chi connectivity index (χ1v) is 6.43. The largest absolute Gasteiger partial charge is 0.457 e. The lowest BCUT2D eigenvalue weighted by atomic mass is 10.1. The van der Waals surface area contributed by atoms with Gasteiger partial charge in [0.2, 0.25) is 0 Å². The summed E-state index contributed by atoms with van der Waals surface area (Å²) in [6.45, 7) is 0.999. The fourth-order valence-corrected chi connectivity index (χ4v) is 1.91. The van der Waals surface area contributed by atoms with Gasteiger partial charge in [-0.05, 0) is 48.9 Å². The van der Waals surface area contributed by atoms with Crippen molar-refractivity contribution in [2.24, 2.45) is 0 Å². The van der Waals surface area contributed by atoms with E-state index < -0.39 is 0 Å². The molecule has 0 aliphatic heterocycles. The van der Waals surface area contributed by atoms with Gasteiger partial charge in [0, 0.05) is 13.2 Å². The van der Waals surface area contributed by atoms with Crippen LogP contribution in [-0.4, -0.2) is 18.8 Å². The zero-order valence-corrected chi connectivity index (χ0v) is 11.1. The molecule has 3 nitrogen and oxygen atoms in total. The first kappa shape index (κ1) is 13.6. The Morgan fingerprint density at radius 1 is 1.00 bits per heavy atom. The van der Waals surface area contributed by atoms with Crippen molar-refractivity contribution < 1.29 is 9.84 Å². The number of benzene rings is 2. The minimum Gasteiger partial charge on any atom is -0.457 e. The van der Waals surface area contributed by atoms with Gasteiger partial charge in [-0.15, -0.1) is 0 Å². The molecule has 2 aromatic rings. The molecule has 2 aromatic carbocycles. The van der Waals surface area contributed by atoms with E-state index in [1.807, 2.05) is 49.5 Å². The van der Waals surface area contributed by atoms with E-state index in [4.69, 9.17) is 9.84 Å². The number of nitrogens with one attached hydrogen (secondary N) is 1. The first-order chi connectivity index (χ1) is 9.31. The fraction of sp³-hybridized carbons (Fsp3) is 0.250.